The molecular weight excluding hydrogens is 188 g/mol. The van der Waals surface area contributed by atoms with E-state index in [9.17, 15) is 0 Å². The van der Waals surface area contributed by atoms with Gasteiger partial charge in [0.05, 0.1) is 13.1 Å². The number of amidine groups is 1. The van der Waals surface area contributed by atoms with E-state index in [0.29, 0.717) is 4.20 Å². The van der Waals surface area contributed by atoms with Gasteiger partial charge < -0.3 is 24.8 Å². The molecule has 12 heavy (non-hydrogen) atoms. The molecule has 0 saturated carbocycles. The third-order valence-corrected chi connectivity index (χ3v) is 2.55. The van der Waals surface area contributed by atoms with Crippen molar-refractivity contribution >= 4 is 34.9 Å². The maximum absolute atomic E-state index is 5.04. The molecule has 1 heterocycles. The average Bonchev–Trinajstić information content (AvgIpc) is 2.46. The number of rotatable bonds is 3. The van der Waals surface area contributed by atoms with Crippen LogP contribution in [-0.4, -0.2) is 45.7 Å². The molecule has 68 valence electrons. The van der Waals surface area contributed by atoms with E-state index in [1.54, 1.807) is 0 Å². The molecule has 0 N–H and O–H groups in total. The van der Waals surface area contributed by atoms with Gasteiger partial charge in [-0.05, 0) is 18.0 Å². The number of hydrogen-bond acceptors (Lipinski definition) is 3. The summed E-state index contributed by atoms with van der Waals surface area (Å²) >= 11 is 10.1. The summed E-state index contributed by atoms with van der Waals surface area (Å²) in [4.78, 5) is 2.25. The van der Waals surface area contributed by atoms with Crippen LogP contribution >= 0.6 is 12.2 Å². The first-order valence-corrected chi connectivity index (χ1v) is 5.10. The largest absolute Gasteiger partial charge is 0.421 e. The van der Waals surface area contributed by atoms with Crippen molar-refractivity contribution in [2.45, 2.75) is 13.8 Å². The molecule has 0 bridgehead atoms. The van der Waals surface area contributed by atoms with Gasteiger partial charge in [0, 0.05) is 0 Å². The van der Waals surface area contributed by atoms with E-state index < -0.39 is 0 Å². The van der Waals surface area contributed by atoms with E-state index in [1.165, 1.54) is 0 Å². The van der Waals surface area contributed by atoms with Crippen LogP contribution in [0.5, 0.6) is 0 Å². The molecule has 0 saturated heterocycles. The van der Waals surface area contributed by atoms with E-state index in [0.717, 1.165) is 32.0 Å². The van der Waals surface area contributed by atoms with Gasteiger partial charge in [-0.1, -0.05) is 0 Å². The van der Waals surface area contributed by atoms with Crippen LogP contribution < -0.4 is 0 Å². The second kappa shape index (κ2) is 4.14. The lowest BCUT2D eigenvalue weighted by Crippen LogP contribution is -2.34. The molecule has 0 atom stereocenters. The Balaban J connectivity index is 2.88. The number of nitrogens with zero attached hydrogens (tertiary/aromatic N) is 2. The molecule has 0 amide bonds. The molecule has 0 aromatic rings. The van der Waals surface area contributed by atoms with Crippen LogP contribution in [0.1, 0.15) is 13.8 Å². The summed E-state index contributed by atoms with van der Waals surface area (Å²) in [7, 11) is 0. The Hall–Kier alpha value is -0.220. The maximum Gasteiger partial charge on any atom is 0.259 e. The van der Waals surface area contributed by atoms with Crippen molar-refractivity contribution in [1.29, 1.82) is 0 Å². The van der Waals surface area contributed by atoms with Gasteiger partial charge in [-0.2, -0.15) is 0 Å². The lowest BCUT2D eigenvalue weighted by Gasteiger charge is -2.13. The smallest absolute Gasteiger partial charge is 0.259 e. The molecule has 0 unspecified atom stereocenters. The fourth-order valence-corrected chi connectivity index (χ4v) is 2.04. The predicted octanol–water partition coefficient (Wildman–Crippen LogP) is 0.627. The topological polar surface area (TPSA) is 6.25 Å². The molecule has 1 rings (SSSR count). The molecule has 1 aliphatic heterocycles. The van der Waals surface area contributed by atoms with Crippen LogP contribution in [0.2, 0.25) is 0 Å². The molecule has 0 radical (unpaired) electrons. The van der Waals surface area contributed by atoms with Crippen LogP contribution in [0.25, 0.3) is 0 Å². The highest BCUT2D eigenvalue weighted by molar-refractivity contribution is 8.03. The molecular formula is C8H14N2S2. The van der Waals surface area contributed by atoms with Gasteiger partial charge >= 0.3 is 0 Å². The number of thiocarbonyl (C=S) groups is 1. The zero-order chi connectivity index (χ0) is 9.14. The van der Waals surface area contributed by atoms with Crippen molar-refractivity contribution < 1.29 is 4.58 Å². The minimum Gasteiger partial charge on any atom is -0.421 e. The average molecular weight is 202 g/mol. The Morgan fingerprint density at radius 3 is 2.75 bits per heavy atom. The second-order valence-electron chi connectivity index (χ2n) is 2.77. The van der Waals surface area contributed by atoms with E-state index in [1.807, 2.05) is 0 Å². The highest BCUT2D eigenvalue weighted by Gasteiger charge is 2.26. The molecule has 2 nitrogen and oxygen atoms in total. The summed E-state index contributed by atoms with van der Waals surface area (Å²) < 4.78 is 2.86. The highest BCUT2D eigenvalue weighted by atomic mass is 32.1. The summed E-state index contributed by atoms with van der Waals surface area (Å²) in [5.41, 5.74) is 0. The van der Waals surface area contributed by atoms with Crippen LogP contribution in [0.15, 0.2) is 0 Å². The van der Waals surface area contributed by atoms with Crippen LogP contribution in [-0.2, 0) is 12.6 Å². The summed E-state index contributed by atoms with van der Waals surface area (Å²) in [6.45, 7) is 8.40. The quantitative estimate of drug-likeness (QED) is 0.376. The molecule has 1 aliphatic rings. The SMILES string of the molecule is CCN1CC[N+](CC)=C1C(=S)[S-]. The standard InChI is InChI=1S/C8H14N2S2/c1-3-9-5-6-10(4-2)7(9)8(11)12/h3-6H2,1-2H3. The first-order chi connectivity index (χ1) is 5.70. The summed E-state index contributed by atoms with van der Waals surface area (Å²) in [6.07, 6.45) is 0. The third-order valence-electron chi connectivity index (χ3n) is 2.18. The zero-order valence-corrected chi connectivity index (χ0v) is 9.17. The Morgan fingerprint density at radius 2 is 2.33 bits per heavy atom. The van der Waals surface area contributed by atoms with Gasteiger partial charge in [0.2, 0.25) is 0 Å². The fourth-order valence-electron chi connectivity index (χ4n) is 1.53. The Labute approximate surface area is 84.7 Å². The second-order valence-corrected chi connectivity index (χ2v) is 3.85. The van der Waals surface area contributed by atoms with E-state index in [2.05, 4.69) is 23.3 Å². The Bertz CT molecular complexity index is 223. The van der Waals surface area contributed by atoms with Crippen molar-refractivity contribution in [3.63, 3.8) is 0 Å². The van der Waals surface area contributed by atoms with Crippen molar-refractivity contribution in [3.8, 4) is 0 Å². The normalized spacial score (nSPS) is 17.3. The van der Waals surface area contributed by atoms with Gasteiger partial charge in [-0.3, -0.25) is 9.48 Å². The number of likely N-dealkylation sites (N-methyl/N-ethyl adjacent to an activating group) is 2. The monoisotopic (exact) mass is 202 g/mol. The summed E-state index contributed by atoms with van der Waals surface area (Å²) in [5, 5.41) is 0. The fraction of sp³-hybridized carbons (Fsp3) is 0.750. The van der Waals surface area contributed by atoms with E-state index >= 15 is 0 Å². The molecule has 0 fully saturated rings. The van der Waals surface area contributed by atoms with Gasteiger partial charge in [-0.15, -0.1) is 0 Å². The van der Waals surface area contributed by atoms with Crippen LogP contribution in [0.4, 0.5) is 0 Å². The third kappa shape index (κ3) is 1.75. The van der Waals surface area contributed by atoms with Gasteiger partial charge in [0.15, 0.2) is 0 Å². The first-order valence-electron chi connectivity index (χ1n) is 4.28. The molecule has 0 aromatic heterocycles. The Kier molecular flexibility index (Phi) is 3.40. The molecule has 4 heteroatoms. The van der Waals surface area contributed by atoms with Gasteiger partial charge in [-0.25, -0.2) is 0 Å². The summed E-state index contributed by atoms with van der Waals surface area (Å²) in [6, 6.07) is 0. The summed E-state index contributed by atoms with van der Waals surface area (Å²) in [5.74, 6) is 1.09. The van der Waals surface area contributed by atoms with Crippen molar-refractivity contribution in [2.24, 2.45) is 0 Å². The number of hydrogen-bond donors (Lipinski definition) is 0. The molecule has 0 spiro atoms. The maximum atomic E-state index is 5.04. The molecule has 0 aromatic carbocycles. The van der Waals surface area contributed by atoms with Crippen molar-refractivity contribution in [1.82, 2.24) is 4.90 Å². The highest BCUT2D eigenvalue weighted by Crippen LogP contribution is 2.02. The lowest BCUT2D eigenvalue weighted by molar-refractivity contribution is -0.512. The Morgan fingerprint density at radius 1 is 1.67 bits per heavy atom. The van der Waals surface area contributed by atoms with Crippen molar-refractivity contribution in [2.75, 3.05) is 26.2 Å². The van der Waals surface area contributed by atoms with E-state index in [4.69, 9.17) is 24.8 Å². The van der Waals surface area contributed by atoms with Gasteiger partial charge in [0.25, 0.3) is 5.84 Å². The predicted molar refractivity (Wildman–Crippen MR) is 57.9 cm³/mol. The lowest BCUT2D eigenvalue weighted by atomic mass is 10.5. The van der Waals surface area contributed by atoms with Crippen molar-refractivity contribution in [3.05, 3.63) is 0 Å². The zero-order valence-electron chi connectivity index (χ0n) is 7.54. The van der Waals surface area contributed by atoms with E-state index in [-0.39, 0.29) is 0 Å². The van der Waals surface area contributed by atoms with Crippen LogP contribution in [0, 0.1) is 0 Å². The van der Waals surface area contributed by atoms with Crippen LogP contribution in [0.3, 0.4) is 0 Å². The first kappa shape index (κ1) is 9.86. The minimum absolute atomic E-state index is 0.608. The minimum atomic E-state index is 0.608. The van der Waals surface area contributed by atoms with Gasteiger partial charge in [0.1, 0.15) is 13.1 Å². The molecule has 0 aliphatic carbocycles.